The number of carbonyl (C=O) groups is 1. The number of amides is 1. The van der Waals surface area contributed by atoms with Gasteiger partial charge in [-0.1, -0.05) is 18.2 Å². The standard InChI is InChI=1S/C15H14FNO2/c16-12-3-1-2-11(8-12)14-9-13(18)6-4-10(14)5-7-15(17)19/h1-4,6,8-9,18H,5,7H2,(H2,17,19). The fraction of sp³-hybridized carbons (Fsp3) is 0.133. The Hall–Kier alpha value is -2.36. The van der Waals surface area contributed by atoms with Crippen LogP contribution in [0.4, 0.5) is 4.39 Å². The van der Waals surface area contributed by atoms with Crippen LogP contribution in [0.2, 0.25) is 0 Å². The van der Waals surface area contributed by atoms with Gasteiger partial charge in [0.15, 0.2) is 0 Å². The molecule has 0 saturated carbocycles. The summed E-state index contributed by atoms with van der Waals surface area (Å²) in [6.45, 7) is 0. The molecule has 2 aromatic carbocycles. The third-order valence-corrected chi connectivity index (χ3v) is 2.87. The zero-order valence-electron chi connectivity index (χ0n) is 10.3. The van der Waals surface area contributed by atoms with E-state index >= 15 is 0 Å². The quantitative estimate of drug-likeness (QED) is 0.886. The first kappa shape index (κ1) is 13.1. The maximum atomic E-state index is 13.3. The summed E-state index contributed by atoms with van der Waals surface area (Å²) >= 11 is 0. The summed E-state index contributed by atoms with van der Waals surface area (Å²) in [6, 6.07) is 10.9. The molecule has 2 aromatic rings. The zero-order valence-corrected chi connectivity index (χ0v) is 10.3. The van der Waals surface area contributed by atoms with E-state index in [2.05, 4.69) is 0 Å². The van der Waals surface area contributed by atoms with Gasteiger partial charge in [-0.15, -0.1) is 0 Å². The number of benzene rings is 2. The summed E-state index contributed by atoms with van der Waals surface area (Å²) < 4.78 is 13.3. The van der Waals surface area contributed by atoms with E-state index in [1.807, 2.05) is 0 Å². The number of rotatable bonds is 4. The van der Waals surface area contributed by atoms with Gasteiger partial charge in [0.1, 0.15) is 11.6 Å². The summed E-state index contributed by atoms with van der Waals surface area (Å²) in [7, 11) is 0. The van der Waals surface area contributed by atoms with E-state index in [1.165, 1.54) is 12.1 Å². The predicted octanol–water partition coefficient (Wildman–Crippen LogP) is 2.62. The molecule has 0 bridgehead atoms. The van der Waals surface area contributed by atoms with Crippen LogP contribution in [0.5, 0.6) is 5.75 Å². The minimum atomic E-state index is -0.390. The molecule has 0 unspecified atom stereocenters. The van der Waals surface area contributed by atoms with Gasteiger partial charge < -0.3 is 10.8 Å². The topological polar surface area (TPSA) is 63.3 Å². The van der Waals surface area contributed by atoms with Gasteiger partial charge in [0, 0.05) is 6.42 Å². The van der Waals surface area contributed by atoms with Crippen LogP contribution >= 0.6 is 0 Å². The third-order valence-electron chi connectivity index (χ3n) is 2.87. The van der Waals surface area contributed by atoms with Crippen molar-refractivity contribution in [3.05, 3.63) is 53.8 Å². The minimum absolute atomic E-state index is 0.0992. The maximum Gasteiger partial charge on any atom is 0.217 e. The second-order valence-corrected chi connectivity index (χ2v) is 4.32. The van der Waals surface area contributed by atoms with Crippen molar-refractivity contribution in [2.75, 3.05) is 0 Å². The molecule has 0 saturated heterocycles. The number of hydrogen-bond donors (Lipinski definition) is 2. The van der Waals surface area contributed by atoms with Crippen LogP contribution in [-0.2, 0) is 11.2 Å². The monoisotopic (exact) mass is 259 g/mol. The Morgan fingerprint density at radius 2 is 2.00 bits per heavy atom. The lowest BCUT2D eigenvalue weighted by molar-refractivity contribution is -0.117. The summed E-state index contributed by atoms with van der Waals surface area (Å²) in [4.78, 5) is 10.9. The number of phenols is 1. The highest BCUT2D eigenvalue weighted by molar-refractivity contribution is 5.75. The Morgan fingerprint density at radius 3 is 2.68 bits per heavy atom. The Bertz CT molecular complexity index is 611. The van der Waals surface area contributed by atoms with Crippen LogP contribution in [0.1, 0.15) is 12.0 Å². The number of aryl methyl sites for hydroxylation is 1. The molecule has 0 heterocycles. The lowest BCUT2D eigenvalue weighted by Gasteiger charge is -2.10. The molecule has 0 aliphatic rings. The first-order valence-electron chi connectivity index (χ1n) is 5.92. The number of hydrogen-bond acceptors (Lipinski definition) is 2. The van der Waals surface area contributed by atoms with Gasteiger partial charge in [-0.2, -0.15) is 0 Å². The van der Waals surface area contributed by atoms with Gasteiger partial charge in [-0.05, 0) is 47.4 Å². The van der Waals surface area contributed by atoms with Gasteiger partial charge >= 0.3 is 0 Å². The summed E-state index contributed by atoms with van der Waals surface area (Å²) in [5.74, 6) is -0.637. The molecule has 2 rings (SSSR count). The van der Waals surface area contributed by atoms with Crippen LogP contribution < -0.4 is 5.73 Å². The Labute approximate surface area is 110 Å². The number of phenolic OH excluding ortho intramolecular Hbond substituents is 1. The highest BCUT2D eigenvalue weighted by atomic mass is 19.1. The van der Waals surface area contributed by atoms with Crippen molar-refractivity contribution in [2.45, 2.75) is 12.8 Å². The SMILES string of the molecule is NC(=O)CCc1ccc(O)cc1-c1cccc(F)c1. The number of nitrogens with two attached hydrogens (primary N) is 1. The largest absolute Gasteiger partial charge is 0.508 e. The van der Waals surface area contributed by atoms with Crippen molar-refractivity contribution in [1.82, 2.24) is 0 Å². The Kier molecular flexibility index (Phi) is 3.80. The smallest absolute Gasteiger partial charge is 0.217 e. The highest BCUT2D eigenvalue weighted by Crippen LogP contribution is 2.28. The van der Waals surface area contributed by atoms with E-state index in [0.717, 1.165) is 5.56 Å². The van der Waals surface area contributed by atoms with Gasteiger partial charge in [0.05, 0.1) is 0 Å². The summed E-state index contributed by atoms with van der Waals surface area (Å²) in [5.41, 5.74) is 7.36. The maximum absolute atomic E-state index is 13.3. The van der Waals surface area contributed by atoms with E-state index in [-0.39, 0.29) is 18.0 Å². The zero-order chi connectivity index (χ0) is 13.8. The second kappa shape index (κ2) is 5.52. The van der Waals surface area contributed by atoms with E-state index in [0.29, 0.717) is 17.5 Å². The molecule has 0 aliphatic carbocycles. The number of primary amides is 1. The number of aromatic hydroxyl groups is 1. The van der Waals surface area contributed by atoms with Crippen molar-refractivity contribution in [3.63, 3.8) is 0 Å². The number of carbonyl (C=O) groups excluding carboxylic acids is 1. The molecular weight excluding hydrogens is 245 g/mol. The van der Waals surface area contributed by atoms with E-state index in [9.17, 15) is 14.3 Å². The Balaban J connectivity index is 2.42. The third kappa shape index (κ3) is 3.31. The average molecular weight is 259 g/mol. The van der Waals surface area contributed by atoms with Crippen LogP contribution in [0.15, 0.2) is 42.5 Å². The highest BCUT2D eigenvalue weighted by Gasteiger charge is 2.08. The lowest BCUT2D eigenvalue weighted by atomic mass is 9.96. The van der Waals surface area contributed by atoms with Crippen LogP contribution in [-0.4, -0.2) is 11.0 Å². The molecule has 98 valence electrons. The first-order chi connectivity index (χ1) is 9.06. The van der Waals surface area contributed by atoms with Gasteiger partial charge in [-0.25, -0.2) is 4.39 Å². The van der Waals surface area contributed by atoms with Crippen molar-refractivity contribution in [3.8, 4) is 16.9 Å². The van der Waals surface area contributed by atoms with E-state index in [1.54, 1.807) is 30.3 Å². The van der Waals surface area contributed by atoms with Crippen molar-refractivity contribution >= 4 is 5.91 Å². The molecule has 0 atom stereocenters. The van der Waals surface area contributed by atoms with Gasteiger partial charge in [-0.3, -0.25) is 4.79 Å². The van der Waals surface area contributed by atoms with Gasteiger partial charge in [0.2, 0.25) is 5.91 Å². The van der Waals surface area contributed by atoms with Crippen molar-refractivity contribution < 1.29 is 14.3 Å². The first-order valence-corrected chi connectivity index (χ1v) is 5.92. The normalized spacial score (nSPS) is 10.4. The molecule has 0 fully saturated rings. The van der Waals surface area contributed by atoms with Crippen molar-refractivity contribution in [1.29, 1.82) is 0 Å². The molecule has 0 radical (unpaired) electrons. The molecule has 3 nitrogen and oxygen atoms in total. The van der Waals surface area contributed by atoms with Crippen molar-refractivity contribution in [2.24, 2.45) is 5.73 Å². The Morgan fingerprint density at radius 1 is 1.21 bits per heavy atom. The second-order valence-electron chi connectivity index (χ2n) is 4.32. The number of halogens is 1. The fourth-order valence-corrected chi connectivity index (χ4v) is 1.97. The van der Waals surface area contributed by atoms with Crippen LogP contribution in [0, 0.1) is 5.82 Å². The molecule has 4 heteroatoms. The minimum Gasteiger partial charge on any atom is -0.508 e. The van der Waals surface area contributed by atoms with Gasteiger partial charge in [0.25, 0.3) is 0 Å². The molecular formula is C15H14FNO2. The molecule has 1 amide bonds. The van der Waals surface area contributed by atoms with E-state index < -0.39 is 5.91 Å². The summed E-state index contributed by atoms with van der Waals surface area (Å²) in [5, 5.41) is 9.56. The molecule has 3 N–H and O–H groups in total. The average Bonchev–Trinajstić information content (AvgIpc) is 2.37. The van der Waals surface area contributed by atoms with Crippen LogP contribution in [0.25, 0.3) is 11.1 Å². The van der Waals surface area contributed by atoms with E-state index in [4.69, 9.17) is 5.73 Å². The predicted molar refractivity (Wildman–Crippen MR) is 71.0 cm³/mol. The lowest BCUT2D eigenvalue weighted by Crippen LogP contribution is -2.11. The molecule has 0 aliphatic heterocycles. The molecule has 19 heavy (non-hydrogen) atoms. The van der Waals surface area contributed by atoms with Crippen LogP contribution in [0.3, 0.4) is 0 Å². The molecule has 0 aromatic heterocycles. The fourth-order valence-electron chi connectivity index (χ4n) is 1.97. The summed E-state index contributed by atoms with van der Waals surface area (Å²) in [6.07, 6.45) is 0.675. The molecule has 0 spiro atoms.